The zero-order valence-corrected chi connectivity index (χ0v) is 14.5. The number of carbonyl (C=O) groups is 2. The summed E-state index contributed by atoms with van der Waals surface area (Å²) in [5, 5.41) is 0. The number of benzene rings is 1. The van der Waals surface area contributed by atoms with Crippen LogP contribution in [0.2, 0.25) is 0 Å². The van der Waals surface area contributed by atoms with E-state index in [1.807, 2.05) is 18.2 Å². The summed E-state index contributed by atoms with van der Waals surface area (Å²) in [5.74, 6) is 0.0208. The van der Waals surface area contributed by atoms with Crippen molar-refractivity contribution >= 4 is 23.8 Å². The predicted molar refractivity (Wildman–Crippen MR) is 96.2 cm³/mol. The average molecular weight is 342 g/mol. The van der Waals surface area contributed by atoms with Crippen LogP contribution in [-0.2, 0) is 9.59 Å². The van der Waals surface area contributed by atoms with Crippen molar-refractivity contribution in [3.05, 3.63) is 54.6 Å². The number of rotatable bonds is 4. The fourth-order valence-electron chi connectivity index (χ4n) is 2.91. The number of piperidine rings is 1. The van der Waals surface area contributed by atoms with Crippen LogP contribution in [0.3, 0.4) is 0 Å². The van der Waals surface area contributed by atoms with Crippen LogP contribution in [0.5, 0.6) is 0 Å². The Labute approximate surface area is 147 Å². The summed E-state index contributed by atoms with van der Waals surface area (Å²) in [6.07, 6.45) is 9.69. The zero-order valence-electron chi connectivity index (χ0n) is 13.6. The van der Waals surface area contributed by atoms with Crippen LogP contribution in [-0.4, -0.2) is 40.7 Å². The SMILES string of the molecule is O=C1C=CCCN1C(=O)/C=C/C1CCN(Sc2ccccc2)CC1. The fraction of sp³-hybridized carbons (Fsp3) is 0.368. The topological polar surface area (TPSA) is 40.6 Å². The maximum atomic E-state index is 12.1. The van der Waals surface area contributed by atoms with Crippen molar-refractivity contribution in [2.24, 2.45) is 5.92 Å². The number of nitrogens with zero attached hydrogens (tertiary/aromatic N) is 2. The van der Waals surface area contributed by atoms with Gasteiger partial charge in [0.05, 0.1) is 0 Å². The lowest BCUT2D eigenvalue weighted by atomic mass is 9.97. The monoisotopic (exact) mass is 342 g/mol. The second kappa shape index (κ2) is 8.31. The van der Waals surface area contributed by atoms with Gasteiger partial charge in [-0.15, -0.1) is 0 Å². The van der Waals surface area contributed by atoms with Crippen molar-refractivity contribution in [1.29, 1.82) is 0 Å². The Morgan fingerprint density at radius 3 is 2.58 bits per heavy atom. The molecule has 2 aliphatic heterocycles. The molecule has 2 amide bonds. The van der Waals surface area contributed by atoms with Crippen LogP contribution in [0.4, 0.5) is 0 Å². The molecule has 0 saturated carbocycles. The normalized spacial score (nSPS) is 20.0. The van der Waals surface area contributed by atoms with Gasteiger partial charge in [-0.3, -0.25) is 14.5 Å². The minimum absolute atomic E-state index is 0.189. The summed E-state index contributed by atoms with van der Waals surface area (Å²) in [5.41, 5.74) is 0. The predicted octanol–water partition coefficient (Wildman–Crippen LogP) is 3.28. The number of allylic oxidation sites excluding steroid dienone is 1. The van der Waals surface area contributed by atoms with Gasteiger partial charge in [-0.25, -0.2) is 4.31 Å². The zero-order chi connectivity index (χ0) is 16.8. The molecule has 2 heterocycles. The summed E-state index contributed by atoms with van der Waals surface area (Å²) in [6.45, 7) is 2.51. The third-order valence-electron chi connectivity index (χ3n) is 4.30. The minimum atomic E-state index is -0.204. The molecule has 24 heavy (non-hydrogen) atoms. The molecule has 0 aromatic heterocycles. The lowest BCUT2D eigenvalue weighted by Gasteiger charge is -2.29. The highest BCUT2D eigenvalue weighted by molar-refractivity contribution is 7.97. The largest absolute Gasteiger partial charge is 0.275 e. The van der Waals surface area contributed by atoms with Crippen LogP contribution in [0.1, 0.15) is 19.3 Å². The fourth-order valence-corrected chi connectivity index (χ4v) is 3.88. The average Bonchev–Trinajstić information content (AvgIpc) is 2.62. The number of carbonyl (C=O) groups excluding carboxylic acids is 2. The van der Waals surface area contributed by atoms with Crippen molar-refractivity contribution in [2.45, 2.75) is 24.2 Å². The van der Waals surface area contributed by atoms with Gasteiger partial charge in [-0.1, -0.05) is 30.4 Å². The molecule has 0 bridgehead atoms. The Morgan fingerprint density at radius 1 is 1.12 bits per heavy atom. The van der Waals surface area contributed by atoms with Crippen molar-refractivity contribution < 1.29 is 9.59 Å². The molecular formula is C19H22N2O2S. The highest BCUT2D eigenvalue weighted by Crippen LogP contribution is 2.28. The second-order valence-electron chi connectivity index (χ2n) is 6.05. The molecular weight excluding hydrogens is 320 g/mol. The van der Waals surface area contributed by atoms with Crippen molar-refractivity contribution in [2.75, 3.05) is 19.6 Å². The minimum Gasteiger partial charge on any atom is -0.275 e. The van der Waals surface area contributed by atoms with Gasteiger partial charge in [-0.05, 0) is 61.4 Å². The van der Waals surface area contributed by atoms with Gasteiger partial charge in [0.1, 0.15) is 0 Å². The molecule has 0 atom stereocenters. The highest BCUT2D eigenvalue weighted by Gasteiger charge is 2.21. The molecule has 0 N–H and O–H groups in total. The molecule has 126 valence electrons. The number of amides is 2. The second-order valence-corrected chi connectivity index (χ2v) is 7.22. The molecule has 1 aromatic rings. The first-order valence-electron chi connectivity index (χ1n) is 8.40. The molecule has 0 spiro atoms. The van der Waals surface area contributed by atoms with Gasteiger partial charge < -0.3 is 0 Å². The van der Waals surface area contributed by atoms with Crippen LogP contribution in [0.25, 0.3) is 0 Å². The first kappa shape index (κ1) is 17.0. The lowest BCUT2D eigenvalue weighted by molar-refractivity contribution is -0.139. The van der Waals surface area contributed by atoms with Crippen LogP contribution in [0.15, 0.2) is 59.5 Å². The molecule has 4 nitrogen and oxygen atoms in total. The van der Waals surface area contributed by atoms with Crippen molar-refractivity contribution in [3.8, 4) is 0 Å². The van der Waals surface area contributed by atoms with E-state index < -0.39 is 0 Å². The quantitative estimate of drug-likeness (QED) is 0.622. The highest BCUT2D eigenvalue weighted by atomic mass is 32.2. The molecule has 2 aliphatic rings. The molecule has 0 radical (unpaired) electrons. The standard InChI is InChI=1S/C19H22N2O2S/c22-18-8-4-5-13-21(18)19(23)10-9-16-11-14-20(15-12-16)24-17-6-2-1-3-7-17/h1-4,6-10,16H,5,11-15H2/b10-9+. The molecule has 1 aromatic carbocycles. The summed E-state index contributed by atoms with van der Waals surface area (Å²) < 4.78 is 2.38. The van der Waals surface area contributed by atoms with E-state index in [1.54, 1.807) is 18.0 Å². The summed E-state index contributed by atoms with van der Waals surface area (Å²) in [4.78, 5) is 26.4. The van der Waals surface area contributed by atoms with E-state index in [2.05, 4.69) is 28.6 Å². The van der Waals surface area contributed by atoms with Gasteiger partial charge in [0, 0.05) is 24.5 Å². The van der Waals surface area contributed by atoms with E-state index in [4.69, 9.17) is 0 Å². The van der Waals surface area contributed by atoms with Crippen LogP contribution < -0.4 is 0 Å². The molecule has 3 rings (SSSR count). The Bertz CT molecular complexity index is 634. The molecule has 1 saturated heterocycles. The Morgan fingerprint density at radius 2 is 1.88 bits per heavy atom. The van der Waals surface area contributed by atoms with E-state index in [9.17, 15) is 9.59 Å². The number of hydrogen-bond acceptors (Lipinski definition) is 4. The maximum absolute atomic E-state index is 12.1. The van der Waals surface area contributed by atoms with Gasteiger partial charge in [0.25, 0.3) is 11.8 Å². The van der Waals surface area contributed by atoms with E-state index >= 15 is 0 Å². The van der Waals surface area contributed by atoms with Gasteiger partial charge >= 0.3 is 0 Å². The van der Waals surface area contributed by atoms with E-state index in [0.29, 0.717) is 12.5 Å². The third kappa shape index (κ3) is 4.58. The first-order chi connectivity index (χ1) is 11.7. The van der Waals surface area contributed by atoms with Gasteiger partial charge in [0.15, 0.2) is 0 Å². The summed E-state index contributed by atoms with van der Waals surface area (Å²) in [6, 6.07) is 10.4. The van der Waals surface area contributed by atoms with Crippen LogP contribution >= 0.6 is 11.9 Å². The van der Waals surface area contributed by atoms with Crippen LogP contribution in [0, 0.1) is 5.92 Å². The summed E-state index contributed by atoms with van der Waals surface area (Å²) >= 11 is 1.80. The molecule has 5 heteroatoms. The smallest absolute Gasteiger partial charge is 0.253 e. The van der Waals surface area contributed by atoms with Gasteiger partial charge in [-0.2, -0.15) is 0 Å². The number of hydrogen-bond donors (Lipinski definition) is 0. The first-order valence-corrected chi connectivity index (χ1v) is 9.18. The summed E-state index contributed by atoms with van der Waals surface area (Å²) in [7, 11) is 0. The molecule has 1 fully saturated rings. The number of imide groups is 1. The van der Waals surface area contributed by atoms with E-state index in [1.165, 1.54) is 15.9 Å². The molecule has 0 aliphatic carbocycles. The Kier molecular flexibility index (Phi) is 5.88. The van der Waals surface area contributed by atoms with Gasteiger partial charge in [0.2, 0.25) is 0 Å². The van der Waals surface area contributed by atoms with E-state index in [0.717, 1.165) is 32.4 Å². The third-order valence-corrected chi connectivity index (χ3v) is 5.41. The lowest BCUT2D eigenvalue weighted by Crippen LogP contribution is -2.37. The Balaban J connectivity index is 1.46. The molecule has 0 unspecified atom stereocenters. The van der Waals surface area contributed by atoms with E-state index in [-0.39, 0.29) is 11.8 Å². The van der Waals surface area contributed by atoms with Crippen molar-refractivity contribution in [1.82, 2.24) is 9.21 Å². The maximum Gasteiger partial charge on any atom is 0.253 e. The Hall–Kier alpha value is -1.85. The van der Waals surface area contributed by atoms with Crippen molar-refractivity contribution in [3.63, 3.8) is 0 Å².